The molecule has 0 amide bonds. The summed E-state index contributed by atoms with van der Waals surface area (Å²) >= 11 is 0. The molecule has 0 unspecified atom stereocenters. The van der Waals surface area contributed by atoms with Gasteiger partial charge in [0.05, 0.1) is 0 Å². The lowest BCUT2D eigenvalue weighted by Crippen LogP contribution is -2.15. The molecule has 0 bridgehead atoms. The van der Waals surface area contributed by atoms with Gasteiger partial charge in [-0.15, -0.1) is 0 Å². The largest absolute Gasteiger partial charge is 0.305 e. The Hall–Kier alpha value is -0.830. The fourth-order valence-corrected chi connectivity index (χ4v) is 0.911. The highest BCUT2D eigenvalue weighted by atomic mass is 15.4. The Morgan fingerprint density at radius 1 is 1.15 bits per heavy atom. The molecule has 0 aliphatic heterocycles. The Kier molecular flexibility index (Phi) is 5.39. The van der Waals surface area contributed by atoms with Gasteiger partial charge in [0, 0.05) is 26.9 Å². The van der Waals surface area contributed by atoms with E-state index in [4.69, 9.17) is 0 Å². The van der Waals surface area contributed by atoms with Crippen LogP contribution in [0.2, 0.25) is 0 Å². The van der Waals surface area contributed by atoms with Crippen molar-refractivity contribution in [1.82, 2.24) is 9.91 Å². The smallest absolute Gasteiger partial charge is 0.0499 e. The van der Waals surface area contributed by atoms with E-state index in [0.717, 1.165) is 6.54 Å². The first-order chi connectivity index (χ1) is 5.93. The zero-order valence-corrected chi connectivity index (χ0v) is 9.63. The van der Waals surface area contributed by atoms with E-state index in [1.165, 1.54) is 11.1 Å². The fourth-order valence-electron chi connectivity index (χ4n) is 0.911. The summed E-state index contributed by atoms with van der Waals surface area (Å²) in [6.07, 6.45) is 1.90. The molecular weight excluding hydrogens is 162 g/mol. The molecule has 0 spiro atoms. The molecule has 0 saturated heterocycles. The molecule has 76 valence electrons. The summed E-state index contributed by atoms with van der Waals surface area (Å²) in [5.74, 6) is 0. The predicted octanol–water partition coefficient (Wildman–Crippen LogP) is 1.43. The van der Waals surface area contributed by atoms with Crippen molar-refractivity contribution in [3.63, 3.8) is 0 Å². The normalized spacial score (nSPS) is 13.8. The van der Waals surface area contributed by atoms with E-state index in [2.05, 4.69) is 37.9 Å². The number of allylic oxidation sites excluding steroid dienone is 1. The van der Waals surface area contributed by atoms with Crippen molar-refractivity contribution in [2.75, 3.05) is 34.7 Å². The first kappa shape index (κ1) is 12.2. The van der Waals surface area contributed by atoms with Gasteiger partial charge in [0.1, 0.15) is 0 Å². The van der Waals surface area contributed by atoms with E-state index in [1.807, 2.05) is 20.3 Å². The van der Waals surface area contributed by atoms with E-state index >= 15 is 0 Å². The van der Waals surface area contributed by atoms with Crippen LogP contribution in [-0.2, 0) is 0 Å². The number of hydrazone groups is 1. The third kappa shape index (κ3) is 6.34. The third-order valence-corrected chi connectivity index (χ3v) is 1.71. The number of rotatable bonds is 4. The summed E-state index contributed by atoms with van der Waals surface area (Å²) in [5.41, 5.74) is 2.60. The van der Waals surface area contributed by atoms with Crippen LogP contribution >= 0.6 is 0 Å². The minimum absolute atomic E-state index is 0.991. The van der Waals surface area contributed by atoms with Crippen LogP contribution in [0.4, 0.5) is 0 Å². The van der Waals surface area contributed by atoms with Gasteiger partial charge in [-0.3, -0.25) is 0 Å². The Morgan fingerprint density at radius 2 is 1.69 bits per heavy atom. The van der Waals surface area contributed by atoms with Gasteiger partial charge < -0.3 is 9.91 Å². The molecule has 0 aromatic rings. The van der Waals surface area contributed by atoms with Crippen LogP contribution in [0.5, 0.6) is 0 Å². The van der Waals surface area contributed by atoms with E-state index in [9.17, 15) is 0 Å². The van der Waals surface area contributed by atoms with Crippen molar-refractivity contribution in [3.05, 3.63) is 11.1 Å². The molecule has 0 aliphatic carbocycles. The quantitative estimate of drug-likeness (QED) is 0.485. The summed E-state index contributed by atoms with van der Waals surface area (Å²) in [5, 5.41) is 5.98. The van der Waals surface area contributed by atoms with Gasteiger partial charge in [0.2, 0.25) is 0 Å². The fraction of sp³-hybridized carbons (Fsp3) is 0.700. The second-order valence-corrected chi connectivity index (χ2v) is 3.79. The van der Waals surface area contributed by atoms with Crippen LogP contribution in [-0.4, -0.2) is 50.9 Å². The molecule has 0 N–H and O–H groups in total. The molecule has 0 heterocycles. The Morgan fingerprint density at radius 3 is 2.08 bits per heavy atom. The van der Waals surface area contributed by atoms with Gasteiger partial charge in [-0.1, -0.05) is 5.57 Å². The van der Waals surface area contributed by atoms with Gasteiger partial charge >= 0.3 is 0 Å². The molecular formula is C10H21N3. The summed E-state index contributed by atoms with van der Waals surface area (Å²) in [7, 11) is 7.98. The van der Waals surface area contributed by atoms with Crippen molar-refractivity contribution in [2.45, 2.75) is 13.8 Å². The number of likely N-dealkylation sites (N-methyl/N-ethyl adjacent to an activating group) is 1. The lowest BCUT2D eigenvalue weighted by Gasteiger charge is -2.11. The van der Waals surface area contributed by atoms with Crippen LogP contribution in [0, 0.1) is 0 Å². The molecule has 0 aromatic carbocycles. The SMILES string of the molecule is CC(/C=N\N(C)C)=C(/C)CN(C)C. The summed E-state index contributed by atoms with van der Waals surface area (Å²) < 4.78 is 0. The molecule has 0 radical (unpaired) electrons. The summed E-state index contributed by atoms with van der Waals surface area (Å²) in [6.45, 7) is 5.22. The first-order valence-electron chi connectivity index (χ1n) is 4.46. The maximum absolute atomic E-state index is 4.18. The molecule has 0 rings (SSSR count). The van der Waals surface area contributed by atoms with Crippen LogP contribution in [0.25, 0.3) is 0 Å². The van der Waals surface area contributed by atoms with Gasteiger partial charge in [-0.2, -0.15) is 5.10 Å². The van der Waals surface area contributed by atoms with Crippen molar-refractivity contribution >= 4 is 6.21 Å². The number of nitrogens with zero attached hydrogens (tertiary/aromatic N) is 3. The van der Waals surface area contributed by atoms with Crippen LogP contribution in [0.1, 0.15) is 13.8 Å². The van der Waals surface area contributed by atoms with Crippen LogP contribution < -0.4 is 0 Å². The van der Waals surface area contributed by atoms with Gasteiger partial charge in [0.15, 0.2) is 0 Å². The Balaban J connectivity index is 4.26. The Bertz CT molecular complexity index is 202. The van der Waals surface area contributed by atoms with Crippen molar-refractivity contribution in [1.29, 1.82) is 0 Å². The minimum atomic E-state index is 0.991. The van der Waals surface area contributed by atoms with Crippen molar-refractivity contribution < 1.29 is 0 Å². The highest BCUT2D eigenvalue weighted by Gasteiger charge is 1.96. The van der Waals surface area contributed by atoms with Crippen molar-refractivity contribution in [3.8, 4) is 0 Å². The topological polar surface area (TPSA) is 18.8 Å². The average Bonchev–Trinajstić information content (AvgIpc) is 1.98. The minimum Gasteiger partial charge on any atom is -0.305 e. The molecule has 3 nitrogen and oxygen atoms in total. The van der Waals surface area contributed by atoms with Gasteiger partial charge in [-0.05, 0) is 33.5 Å². The van der Waals surface area contributed by atoms with Crippen LogP contribution in [0.15, 0.2) is 16.2 Å². The monoisotopic (exact) mass is 183 g/mol. The highest BCUT2D eigenvalue weighted by Crippen LogP contribution is 2.01. The number of hydrogen-bond acceptors (Lipinski definition) is 3. The van der Waals surface area contributed by atoms with E-state index in [-0.39, 0.29) is 0 Å². The molecule has 0 aromatic heterocycles. The predicted molar refractivity (Wildman–Crippen MR) is 59.1 cm³/mol. The first-order valence-corrected chi connectivity index (χ1v) is 4.46. The zero-order chi connectivity index (χ0) is 10.4. The van der Waals surface area contributed by atoms with E-state index in [0.29, 0.717) is 0 Å². The summed E-state index contributed by atoms with van der Waals surface area (Å²) in [4.78, 5) is 2.16. The van der Waals surface area contributed by atoms with E-state index in [1.54, 1.807) is 5.01 Å². The average molecular weight is 183 g/mol. The second kappa shape index (κ2) is 5.75. The zero-order valence-electron chi connectivity index (χ0n) is 9.63. The molecule has 0 atom stereocenters. The standard InChI is InChI=1S/C10H21N3/c1-9(7-11-13(5)6)10(2)8-12(3)4/h7H,8H2,1-6H3/b10-9+,11-7-. The third-order valence-electron chi connectivity index (χ3n) is 1.71. The summed E-state index contributed by atoms with van der Waals surface area (Å²) in [6, 6.07) is 0. The van der Waals surface area contributed by atoms with Gasteiger partial charge in [0.25, 0.3) is 0 Å². The number of hydrogen-bond donors (Lipinski definition) is 0. The molecule has 3 heteroatoms. The maximum Gasteiger partial charge on any atom is 0.0499 e. The molecule has 13 heavy (non-hydrogen) atoms. The maximum atomic E-state index is 4.18. The lowest BCUT2D eigenvalue weighted by molar-refractivity contribution is 0.438. The molecule has 0 aliphatic rings. The molecule has 0 saturated carbocycles. The lowest BCUT2D eigenvalue weighted by atomic mass is 10.1. The second-order valence-electron chi connectivity index (χ2n) is 3.79. The Labute approximate surface area is 81.7 Å². The van der Waals surface area contributed by atoms with Gasteiger partial charge in [-0.25, -0.2) is 0 Å². The van der Waals surface area contributed by atoms with Crippen LogP contribution in [0.3, 0.4) is 0 Å². The molecule has 0 fully saturated rings. The van der Waals surface area contributed by atoms with Crippen molar-refractivity contribution in [2.24, 2.45) is 5.10 Å². The highest BCUT2D eigenvalue weighted by molar-refractivity contribution is 5.78. The van der Waals surface area contributed by atoms with E-state index < -0.39 is 0 Å².